The molecule has 0 heterocycles. The highest BCUT2D eigenvalue weighted by Gasteiger charge is 1.99. The number of halogens is 2. The number of rotatable bonds is 6. The van der Waals surface area contributed by atoms with Crippen molar-refractivity contribution < 1.29 is 9.47 Å². The molecule has 0 saturated carbocycles. The third kappa shape index (κ3) is 5.29. The number of hydrogen-bond donors (Lipinski definition) is 1. The Balaban J connectivity index is 0.00000200. The molecule has 0 aliphatic rings. The summed E-state index contributed by atoms with van der Waals surface area (Å²) in [4.78, 5) is 0. The summed E-state index contributed by atoms with van der Waals surface area (Å²) in [6.07, 6.45) is 0.850. The molecule has 108 valence electrons. The highest BCUT2D eigenvalue weighted by Crippen LogP contribution is 2.24. The molecular weight excluding hydrogens is 297 g/mol. The van der Waals surface area contributed by atoms with Crippen molar-refractivity contribution in [3.8, 4) is 17.2 Å². The molecule has 0 spiro atoms. The van der Waals surface area contributed by atoms with Gasteiger partial charge in [-0.1, -0.05) is 11.6 Å². The fraction of sp³-hybridized carbons (Fsp3) is 0.200. The van der Waals surface area contributed by atoms with Crippen molar-refractivity contribution in [3.63, 3.8) is 0 Å². The van der Waals surface area contributed by atoms with Gasteiger partial charge in [0.25, 0.3) is 0 Å². The van der Waals surface area contributed by atoms with Crippen LogP contribution in [0.4, 0.5) is 0 Å². The van der Waals surface area contributed by atoms with Crippen molar-refractivity contribution in [1.29, 1.82) is 0 Å². The van der Waals surface area contributed by atoms with Crippen molar-refractivity contribution in [2.24, 2.45) is 5.73 Å². The van der Waals surface area contributed by atoms with E-state index in [2.05, 4.69) is 0 Å². The van der Waals surface area contributed by atoms with Crippen LogP contribution in [0.3, 0.4) is 0 Å². The van der Waals surface area contributed by atoms with Crippen molar-refractivity contribution >= 4 is 24.0 Å². The van der Waals surface area contributed by atoms with Gasteiger partial charge in [0.1, 0.15) is 17.2 Å². The molecule has 0 bridgehead atoms. The fourth-order valence-electron chi connectivity index (χ4n) is 1.52. The molecule has 2 aromatic rings. The van der Waals surface area contributed by atoms with Crippen LogP contribution in [-0.2, 0) is 0 Å². The summed E-state index contributed by atoms with van der Waals surface area (Å²) < 4.78 is 11.2. The Morgan fingerprint density at radius 3 is 1.90 bits per heavy atom. The third-order valence-electron chi connectivity index (χ3n) is 2.49. The zero-order valence-electron chi connectivity index (χ0n) is 10.9. The molecular formula is C15H17Cl2NO2. The summed E-state index contributed by atoms with van der Waals surface area (Å²) in [5.74, 6) is 2.33. The lowest BCUT2D eigenvalue weighted by molar-refractivity contribution is 0.313. The second-order valence-corrected chi connectivity index (χ2v) is 4.45. The molecule has 0 aromatic heterocycles. The smallest absolute Gasteiger partial charge is 0.127 e. The quantitative estimate of drug-likeness (QED) is 0.809. The van der Waals surface area contributed by atoms with Gasteiger partial charge in [0.05, 0.1) is 6.61 Å². The standard InChI is InChI=1S/C15H16ClNO2.ClH/c16-12-2-4-14(5-3-12)19-15-8-6-13(7-9-15)18-11-1-10-17;/h2-9H,1,10-11,17H2;1H. The molecule has 0 unspecified atom stereocenters. The maximum atomic E-state index is 5.81. The van der Waals surface area contributed by atoms with E-state index in [0.29, 0.717) is 18.2 Å². The second kappa shape index (κ2) is 8.69. The van der Waals surface area contributed by atoms with Crippen LogP contribution >= 0.6 is 24.0 Å². The summed E-state index contributed by atoms with van der Waals surface area (Å²) in [7, 11) is 0. The van der Waals surface area contributed by atoms with E-state index in [9.17, 15) is 0 Å². The zero-order valence-corrected chi connectivity index (χ0v) is 12.5. The molecule has 3 nitrogen and oxygen atoms in total. The zero-order chi connectivity index (χ0) is 13.5. The maximum absolute atomic E-state index is 5.81. The Labute approximate surface area is 130 Å². The van der Waals surface area contributed by atoms with Crippen LogP contribution in [-0.4, -0.2) is 13.2 Å². The minimum absolute atomic E-state index is 0. The Kier molecular flexibility index (Phi) is 7.23. The van der Waals surface area contributed by atoms with Crippen molar-refractivity contribution in [2.45, 2.75) is 6.42 Å². The van der Waals surface area contributed by atoms with Crippen LogP contribution in [0.25, 0.3) is 0 Å². The number of ether oxygens (including phenoxy) is 2. The Morgan fingerprint density at radius 2 is 1.35 bits per heavy atom. The number of hydrogen-bond acceptors (Lipinski definition) is 3. The summed E-state index contributed by atoms with van der Waals surface area (Å²) in [5.41, 5.74) is 5.40. The van der Waals surface area contributed by atoms with E-state index in [-0.39, 0.29) is 12.4 Å². The Hall–Kier alpha value is -1.42. The molecule has 0 amide bonds. The van der Waals surface area contributed by atoms with Gasteiger partial charge in [-0.15, -0.1) is 12.4 Å². The molecule has 20 heavy (non-hydrogen) atoms. The topological polar surface area (TPSA) is 44.5 Å². The Bertz CT molecular complexity index is 500. The predicted octanol–water partition coefficient (Wildman–Crippen LogP) is 4.28. The van der Waals surface area contributed by atoms with Gasteiger partial charge in [-0.25, -0.2) is 0 Å². The van der Waals surface area contributed by atoms with Gasteiger partial charge in [-0.3, -0.25) is 0 Å². The molecule has 0 atom stereocenters. The van der Waals surface area contributed by atoms with Gasteiger partial charge >= 0.3 is 0 Å². The average Bonchev–Trinajstić information content (AvgIpc) is 2.44. The van der Waals surface area contributed by atoms with Crippen LogP contribution < -0.4 is 15.2 Å². The van der Waals surface area contributed by atoms with Gasteiger partial charge in [0.2, 0.25) is 0 Å². The normalized spacial score (nSPS) is 9.70. The van der Waals surface area contributed by atoms with Crippen molar-refractivity contribution in [2.75, 3.05) is 13.2 Å². The first-order valence-electron chi connectivity index (χ1n) is 6.14. The third-order valence-corrected chi connectivity index (χ3v) is 2.74. The summed E-state index contributed by atoms with van der Waals surface area (Å²) in [6, 6.07) is 14.7. The predicted molar refractivity (Wildman–Crippen MR) is 84.4 cm³/mol. The van der Waals surface area contributed by atoms with E-state index in [0.717, 1.165) is 23.7 Å². The van der Waals surface area contributed by atoms with Crippen molar-refractivity contribution in [3.05, 3.63) is 53.6 Å². The lowest BCUT2D eigenvalue weighted by atomic mass is 10.3. The fourth-order valence-corrected chi connectivity index (χ4v) is 1.64. The first-order valence-corrected chi connectivity index (χ1v) is 6.52. The second-order valence-electron chi connectivity index (χ2n) is 4.02. The number of benzene rings is 2. The van der Waals surface area contributed by atoms with E-state index in [1.807, 2.05) is 36.4 Å². The van der Waals surface area contributed by atoms with Crippen LogP contribution in [0.2, 0.25) is 5.02 Å². The van der Waals surface area contributed by atoms with Gasteiger partial charge in [-0.05, 0) is 61.5 Å². The lowest BCUT2D eigenvalue weighted by Gasteiger charge is -2.08. The molecule has 2 N–H and O–H groups in total. The van der Waals surface area contributed by atoms with E-state index < -0.39 is 0 Å². The molecule has 2 rings (SSSR count). The summed E-state index contributed by atoms with van der Waals surface area (Å²) in [5, 5.41) is 0.691. The van der Waals surface area contributed by atoms with Crippen LogP contribution in [0.15, 0.2) is 48.5 Å². The van der Waals surface area contributed by atoms with E-state index in [4.69, 9.17) is 26.8 Å². The van der Waals surface area contributed by atoms with Crippen molar-refractivity contribution in [1.82, 2.24) is 0 Å². The monoisotopic (exact) mass is 313 g/mol. The average molecular weight is 314 g/mol. The molecule has 0 radical (unpaired) electrons. The van der Waals surface area contributed by atoms with E-state index >= 15 is 0 Å². The van der Waals surface area contributed by atoms with Gasteiger partial charge < -0.3 is 15.2 Å². The molecule has 0 saturated heterocycles. The van der Waals surface area contributed by atoms with E-state index in [1.54, 1.807) is 12.1 Å². The summed E-state index contributed by atoms with van der Waals surface area (Å²) >= 11 is 5.81. The SMILES string of the molecule is Cl.NCCCOc1ccc(Oc2ccc(Cl)cc2)cc1. The molecule has 5 heteroatoms. The highest BCUT2D eigenvalue weighted by molar-refractivity contribution is 6.30. The van der Waals surface area contributed by atoms with E-state index in [1.165, 1.54) is 0 Å². The molecule has 2 aromatic carbocycles. The van der Waals surface area contributed by atoms with Crippen LogP contribution in [0.1, 0.15) is 6.42 Å². The first kappa shape index (κ1) is 16.6. The summed E-state index contributed by atoms with van der Waals surface area (Å²) in [6.45, 7) is 1.27. The lowest BCUT2D eigenvalue weighted by Crippen LogP contribution is -2.05. The minimum Gasteiger partial charge on any atom is -0.494 e. The first-order chi connectivity index (χ1) is 9.28. The largest absolute Gasteiger partial charge is 0.494 e. The molecule has 0 aliphatic heterocycles. The number of nitrogens with two attached hydrogens (primary N) is 1. The van der Waals surface area contributed by atoms with Crippen LogP contribution in [0.5, 0.6) is 17.2 Å². The van der Waals surface area contributed by atoms with Gasteiger partial charge in [0, 0.05) is 5.02 Å². The Morgan fingerprint density at radius 1 is 0.850 bits per heavy atom. The van der Waals surface area contributed by atoms with Crippen LogP contribution in [0, 0.1) is 0 Å². The minimum atomic E-state index is 0. The highest BCUT2D eigenvalue weighted by atomic mass is 35.5. The van der Waals surface area contributed by atoms with Gasteiger partial charge in [-0.2, -0.15) is 0 Å². The van der Waals surface area contributed by atoms with Gasteiger partial charge in [0.15, 0.2) is 0 Å². The maximum Gasteiger partial charge on any atom is 0.127 e. The molecule has 0 fully saturated rings. The molecule has 0 aliphatic carbocycles.